The number of hydrogen-bond donors (Lipinski definition) is 1. The van der Waals surface area contributed by atoms with Gasteiger partial charge in [-0.1, -0.05) is 6.07 Å². The van der Waals surface area contributed by atoms with Gasteiger partial charge in [-0.3, -0.25) is 9.59 Å². The second kappa shape index (κ2) is 7.64. The summed E-state index contributed by atoms with van der Waals surface area (Å²) in [6.07, 6.45) is 0. The van der Waals surface area contributed by atoms with Crippen molar-refractivity contribution in [2.75, 3.05) is 23.9 Å². The molecule has 0 aliphatic heterocycles. The molecule has 2 amide bonds. The molecular weight excluding hydrogens is 304 g/mol. The molecule has 5 nitrogen and oxygen atoms in total. The first-order valence-corrected chi connectivity index (χ1v) is 7.71. The van der Waals surface area contributed by atoms with E-state index in [4.69, 9.17) is 4.74 Å². The first-order valence-electron chi connectivity index (χ1n) is 7.71. The molecular formula is C19H22N2O3. The second-order valence-corrected chi connectivity index (χ2v) is 5.71. The van der Waals surface area contributed by atoms with Crippen LogP contribution in [0.25, 0.3) is 0 Å². The number of carbonyl (C=O) groups excluding carboxylic acids is 2. The lowest BCUT2D eigenvalue weighted by molar-refractivity contribution is -0.118. The molecule has 0 bridgehead atoms. The van der Waals surface area contributed by atoms with Gasteiger partial charge in [0, 0.05) is 25.3 Å². The van der Waals surface area contributed by atoms with Crippen LogP contribution in [-0.2, 0) is 9.59 Å². The van der Waals surface area contributed by atoms with E-state index in [1.165, 1.54) is 17.4 Å². The molecule has 0 unspecified atom stereocenters. The van der Waals surface area contributed by atoms with E-state index in [1.807, 2.05) is 32.0 Å². The fourth-order valence-corrected chi connectivity index (χ4v) is 2.10. The summed E-state index contributed by atoms with van der Waals surface area (Å²) in [5, 5.41) is 2.77. The van der Waals surface area contributed by atoms with Gasteiger partial charge in [-0.15, -0.1) is 0 Å². The van der Waals surface area contributed by atoms with Crippen LogP contribution in [0.4, 0.5) is 11.4 Å². The fraction of sp³-hybridized carbons (Fsp3) is 0.263. The minimum absolute atomic E-state index is 0.0476. The molecule has 1 N–H and O–H groups in total. The summed E-state index contributed by atoms with van der Waals surface area (Å²) in [5.41, 5.74) is 3.73. The van der Waals surface area contributed by atoms with Crippen LogP contribution >= 0.6 is 0 Å². The highest BCUT2D eigenvalue weighted by Crippen LogP contribution is 2.18. The van der Waals surface area contributed by atoms with Crippen LogP contribution in [-0.4, -0.2) is 25.5 Å². The van der Waals surface area contributed by atoms with Crippen LogP contribution in [0.15, 0.2) is 42.5 Å². The number of anilines is 2. The normalized spacial score (nSPS) is 10.2. The van der Waals surface area contributed by atoms with Gasteiger partial charge >= 0.3 is 0 Å². The van der Waals surface area contributed by atoms with Crippen LogP contribution in [0.5, 0.6) is 5.75 Å². The average Bonchev–Trinajstić information content (AvgIpc) is 2.56. The molecule has 0 fully saturated rings. The second-order valence-electron chi connectivity index (χ2n) is 5.71. The van der Waals surface area contributed by atoms with Crippen LogP contribution in [0.3, 0.4) is 0 Å². The Balaban J connectivity index is 1.90. The van der Waals surface area contributed by atoms with Gasteiger partial charge in [-0.2, -0.15) is 0 Å². The largest absolute Gasteiger partial charge is 0.484 e. The predicted molar refractivity (Wildman–Crippen MR) is 95.6 cm³/mol. The van der Waals surface area contributed by atoms with E-state index in [0.29, 0.717) is 11.4 Å². The topological polar surface area (TPSA) is 58.6 Å². The summed E-state index contributed by atoms with van der Waals surface area (Å²) in [6.45, 7) is 5.47. The van der Waals surface area contributed by atoms with Crippen molar-refractivity contribution in [1.29, 1.82) is 0 Å². The van der Waals surface area contributed by atoms with Crippen molar-refractivity contribution in [2.24, 2.45) is 0 Å². The zero-order valence-corrected chi connectivity index (χ0v) is 14.4. The molecule has 2 aromatic rings. The van der Waals surface area contributed by atoms with E-state index in [9.17, 15) is 9.59 Å². The molecule has 2 rings (SSSR count). The summed E-state index contributed by atoms with van der Waals surface area (Å²) in [7, 11) is 1.70. The maximum absolute atomic E-state index is 12.0. The number of nitrogens with one attached hydrogen (secondary N) is 1. The Morgan fingerprint density at radius 2 is 1.71 bits per heavy atom. The highest BCUT2D eigenvalue weighted by molar-refractivity contribution is 5.93. The van der Waals surface area contributed by atoms with Gasteiger partial charge < -0.3 is 15.0 Å². The number of nitrogens with zero attached hydrogens (tertiary/aromatic N) is 1. The SMILES string of the molecule is CC(=O)N(C)c1ccc(NC(=O)COc2ccc(C)c(C)c2)cc1. The Hall–Kier alpha value is -2.82. The molecule has 0 saturated heterocycles. The molecule has 5 heteroatoms. The first-order chi connectivity index (χ1) is 11.4. The molecule has 126 valence electrons. The number of aryl methyl sites for hydroxylation is 2. The minimum atomic E-state index is -0.235. The van der Waals surface area contributed by atoms with Crippen LogP contribution in [0, 0.1) is 13.8 Å². The van der Waals surface area contributed by atoms with Gasteiger partial charge in [0.15, 0.2) is 6.61 Å². The number of carbonyl (C=O) groups is 2. The van der Waals surface area contributed by atoms with Gasteiger partial charge in [-0.25, -0.2) is 0 Å². The van der Waals surface area contributed by atoms with E-state index in [-0.39, 0.29) is 18.4 Å². The Morgan fingerprint density at radius 3 is 2.29 bits per heavy atom. The number of hydrogen-bond acceptors (Lipinski definition) is 3. The summed E-state index contributed by atoms with van der Waals surface area (Å²) in [4.78, 5) is 24.8. The number of rotatable bonds is 5. The third kappa shape index (κ3) is 4.59. The molecule has 2 aromatic carbocycles. The van der Waals surface area contributed by atoms with Gasteiger partial charge in [0.05, 0.1) is 0 Å². The van der Waals surface area contributed by atoms with Crippen LogP contribution in [0.2, 0.25) is 0 Å². The third-order valence-electron chi connectivity index (χ3n) is 3.86. The molecule has 24 heavy (non-hydrogen) atoms. The highest BCUT2D eigenvalue weighted by Gasteiger charge is 2.07. The van der Waals surface area contributed by atoms with Crippen molar-refractivity contribution in [2.45, 2.75) is 20.8 Å². The van der Waals surface area contributed by atoms with Crippen molar-refractivity contribution in [3.05, 3.63) is 53.6 Å². The van der Waals surface area contributed by atoms with E-state index in [0.717, 1.165) is 11.3 Å². The summed E-state index contributed by atoms with van der Waals surface area (Å²) in [6, 6.07) is 12.8. The van der Waals surface area contributed by atoms with Crippen molar-refractivity contribution in [3.8, 4) is 5.75 Å². The zero-order chi connectivity index (χ0) is 17.7. The molecule has 0 aliphatic carbocycles. The predicted octanol–water partition coefficient (Wildman–Crippen LogP) is 3.30. The standard InChI is InChI=1S/C19H22N2O3/c1-13-5-10-18(11-14(13)2)24-12-19(23)20-16-6-8-17(9-7-16)21(4)15(3)22/h5-11H,12H2,1-4H3,(H,20,23). The maximum atomic E-state index is 12.0. The highest BCUT2D eigenvalue weighted by atomic mass is 16.5. The Kier molecular flexibility index (Phi) is 5.58. The maximum Gasteiger partial charge on any atom is 0.262 e. The molecule has 0 aromatic heterocycles. The van der Waals surface area contributed by atoms with E-state index in [2.05, 4.69) is 5.32 Å². The van der Waals surface area contributed by atoms with Crippen molar-refractivity contribution in [3.63, 3.8) is 0 Å². The van der Waals surface area contributed by atoms with Crippen molar-refractivity contribution in [1.82, 2.24) is 0 Å². The fourth-order valence-electron chi connectivity index (χ4n) is 2.10. The lowest BCUT2D eigenvalue weighted by Crippen LogP contribution is -2.23. The Morgan fingerprint density at radius 1 is 1.04 bits per heavy atom. The van der Waals surface area contributed by atoms with Gasteiger partial charge in [0.25, 0.3) is 5.91 Å². The number of amides is 2. The molecule has 0 heterocycles. The molecule has 0 aliphatic rings. The monoisotopic (exact) mass is 326 g/mol. The lowest BCUT2D eigenvalue weighted by atomic mass is 10.1. The lowest BCUT2D eigenvalue weighted by Gasteiger charge is -2.15. The van der Waals surface area contributed by atoms with Crippen LogP contribution < -0.4 is 15.0 Å². The molecule has 0 radical (unpaired) electrons. The van der Waals surface area contributed by atoms with Gasteiger partial charge in [-0.05, 0) is 61.4 Å². The summed E-state index contributed by atoms with van der Waals surface area (Å²) in [5.74, 6) is 0.390. The van der Waals surface area contributed by atoms with E-state index in [1.54, 1.807) is 31.3 Å². The van der Waals surface area contributed by atoms with E-state index < -0.39 is 0 Å². The summed E-state index contributed by atoms with van der Waals surface area (Å²) >= 11 is 0. The van der Waals surface area contributed by atoms with E-state index >= 15 is 0 Å². The number of ether oxygens (including phenoxy) is 1. The smallest absolute Gasteiger partial charge is 0.262 e. The quantitative estimate of drug-likeness (QED) is 0.917. The van der Waals surface area contributed by atoms with Gasteiger partial charge in [0.1, 0.15) is 5.75 Å². The average molecular weight is 326 g/mol. The summed E-state index contributed by atoms with van der Waals surface area (Å²) < 4.78 is 5.50. The number of benzene rings is 2. The molecule has 0 spiro atoms. The molecule has 0 atom stereocenters. The zero-order valence-electron chi connectivity index (χ0n) is 14.4. The minimum Gasteiger partial charge on any atom is -0.484 e. The Bertz CT molecular complexity index is 739. The van der Waals surface area contributed by atoms with Crippen molar-refractivity contribution >= 4 is 23.2 Å². The van der Waals surface area contributed by atoms with Crippen LogP contribution in [0.1, 0.15) is 18.1 Å². The first kappa shape index (κ1) is 17.5. The third-order valence-corrected chi connectivity index (χ3v) is 3.86. The van der Waals surface area contributed by atoms with Crippen molar-refractivity contribution < 1.29 is 14.3 Å². The van der Waals surface area contributed by atoms with Gasteiger partial charge in [0.2, 0.25) is 5.91 Å². The Labute approximate surface area is 142 Å². The molecule has 0 saturated carbocycles.